The van der Waals surface area contributed by atoms with Crippen molar-refractivity contribution in [3.63, 3.8) is 0 Å². The Kier molecular flexibility index (Phi) is 7.14. The second-order valence-corrected chi connectivity index (χ2v) is 15.2. The lowest BCUT2D eigenvalue weighted by atomic mass is 9.67. The van der Waals surface area contributed by atoms with E-state index in [4.69, 9.17) is 8.83 Å². The summed E-state index contributed by atoms with van der Waals surface area (Å²) in [6.07, 6.45) is 0. The van der Waals surface area contributed by atoms with Crippen molar-refractivity contribution >= 4 is 60.9 Å². The first kappa shape index (κ1) is 32.6. The number of rotatable bonds is 6. The number of nitrogens with zero attached hydrogens (tertiary/aromatic N) is 1. The van der Waals surface area contributed by atoms with Gasteiger partial charge in [-0.2, -0.15) is 0 Å². The van der Waals surface area contributed by atoms with Crippen molar-refractivity contribution in [2.75, 3.05) is 4.90 Å². The average molecular weight is 742 g/mol. The van der Waals surface area contributed by atoms with E-state index in [1.54, 1.807) is 0 Å². The van der Waals surface area contributed by atoms with Gasteiger partial charge in [-0.1, -0.05) is 170 Å². The summed E-state index contributed by atoms with van der Waals surface area (Å²) in [6, 6.07) is 76.0. The molecule has 3 nitrogen and oxygen atoms in total. The van der Waals surface area contributed by atoms with Crippen LogP contribution in [0.4, 0.5) is 17.1 Å². The number of benzene rings is 9. The van der Waals surface area contributed by atoms with Crippen LogP contribution in [0.2, 0.25) is 0 Å². The minimum absolute atomic E-state index is 0.580. The van der Waals surface area contributed by atoms with Gasteiger partial charge in [0.25, 0.3) is 0 Å². The zero-order chi connectivity index (χ0) is 38.2. The lowest BCUT2D eigenvalue weighted by Gasteiger charge is -2.34. The maximum Gasteiger partial charge on any atom is 0.159 e. The molecule has 0 N–H and O–H groups in total. The van der Waals surface area contributed by atoms with Crippen molar-refractivity contribution < 1.29 is 8.83 Å². The number of para-hydroxylation sites is 4. The maximum absolute atomic E-state index is 6.96. The Morgan fingerprint density at radius 1 is 0.345 bits per heavy atom. The molecule has 0 atom stereocenters. The fourth-order valence-electron chi connectivity index (χ4n) is 9.67. The third-order valence-corrected chi connectivity index (χ3v) is 12.2. The van der Waals surface area contributed by atoms with Crippen molar-refractivity contribution in [2.45, 2.75) is 5.41 Å². The van der Waals surface area contributed by atoms with E-state index >= 15 is 0 Å². The van der Waals surface area contributed by atoms with Crippen molar-refractivity contribution in [1.82, 2.24) is 0 Å². The van der Waals surface area contributed by atoms with Gasteiger partial charge in [0.1, 0.15) is 16.7 Å². The summed E-state index contributed by atoms with van der Waals surface area (Å²) in [6.45, 7) is 0. The summed E-state index contributed by atoms with van der Waals surface area (Å²) in [7, 11) is 0. The number of hydrogen-bond donors (Lipinski definition) is 0. The average Bonchev–Trinajstić information content (AvgIpc) is 3.96. The van der Waals surface area contributed by atoms with Crippen LogP contribution in [-0.4, -0.2) is 0 Å². The molecule has 58 heavy (non-hydrogen) atoms. The highest BCUT2D eigenvalue weighted by atomic mass is 16.3. The van der Waals surface area contributed by atoms with Crippen molar-refractivity contribution in [3.8, 4) is 22.3 Å². The van der Waals surface area contributed by atoms with E-state index in [9.17, 15) is 0 Å². The highest BCUT2D eigenvalue weighted by molar-refractivity contribution is 6.13. The van der Waals surface area contributed by atoms with E-state index in [1.807, 2.05) is 6.07 Å². The van der Waals surface area contributed by atoms with Gasteiger partial charge in [-0.25, -0.2) is 0 Å². The molecule has 9 aromatic carbocycles. The second kappa shape index (κ2) is 12.7. The zero-order valence-corrected chi connectivity index (χ0v) is 31.5. The Morgan fingerprint density at radius 3 is 1.66 bits per heavy atom. The number of fused-ring (bicyclic) bond motifs is 9. The highest BCUT2D eigenvalue weighted by Crippen LogP contribution is 2.57. The first-order valence-corrected chi connectivity index (χ1v) is 19.8. The van der Waals surface area contributed by atoms with E-state index in [0.29, 0.717) is 0 Å². The summed E-state index contributed by atoms with van der Waals surface area (Å²) in [5.41, 5.74) is 15.6. The fourth-order valence-corrected chi connectivity index (χ4v) is 9.67. The van der Waals surface area contributed by atoms with Crippen LogP contribution in [0.15, 0.2) is 221 Å². The van der Waals surface area contributed by atoms with Crippen molar-refractivity contribution in [3.05, 3.63) is 235 Å². The van der Waals surface area contributed by atoms with Gasteiger partial charge >= 0.3 is 0 Å². The molecule has 1 aliphatic rings. The van der Waals surface area contributed by atoms with Gasteiger partial charge in [0.15, 0.2) is 5.58 Å². The Hall–Kier alpha value is -7.62. The minimum Gasteiger partial charge on any atom is -0.456 e. The lowest BCUT2D eigenvalue weighted by molar-refractivity contribution is 0.665. The van der Waals surface area contributed by atoms with Gasteiger partial charge in [0.2, 0.25) is 0 Å². The fraction of sp³-hybridized carbons (Fsp3) is 0.0182. The predicted molar refractivity (Wildman–Crippen MR) is 238 cm³/mol. The molecule has 1 aliphatic carbocycles. The van der Waals surface area contributed by atoms with Crippen molar-refractivity contribution in [2.24, 2.45) is 0 Å². The zero-order valence-electron chi connectivity index (χ0n) is 31.5. The summed E-state index contributed by atoms with van der Waals surface area (Å²) >= 11 is 0. The smallest absolute Gasteiger partial charge is 0.159 e. The predicted octanol–water partition coefficient (Wildman–Crippen LogP) is 15.0. The molecular formula is C55H35NO2. The van der Waals surface area contributed by atoms with E-state index < -0.39 is 5.41 Å². The number of hydrogen-bond acceptors (Lipinski definition) is 3. The largest absolute Gasteiger partial charge is 0.456 e. The molecule has 0 radical (unpaired) electrons. The van der Waals surface area contributed by atoms with Crippen LogP contribution in [0.25, 0.3) is 66.1 Å². The minimum atomic E-state index is -0.580. The van der Waals surface area contributed by atoms with Gasteiger partial charge in [-0.05, 0) is 81.4 Å². The molecule has 0 fully saturated rings. The van der Waals surface area contributed by atoms with Crippen LogP contribution >= 0.6 is 0 Å². The Balaban J connectivity index is 1.07. The molecule has 0 amide bonds. The molecule has 11 aromatic rings. The summed E-state index contributed by atoms with van der Waals surface area (Å²) in [5, 5.41) is 4.44. The standard InChI is InChI=1S/C55H35NO2/c1-3-15-36(16-4-1)41-22-13-23-46-47-24-14-27-50(54(47)58-53(41)46)56(39-17-5-2-6-18-39)40-32-29-37(30-33-40)55(48-25-10-7-19-42(48)43-20-8-11-26-49(43)55)38-31-34-45-44-21-9-12-28-51(44)57-52(45)35-38/h1-35H. The quantitative estimate of drug-likeness (QED) is 0.170. The summed E-state index contributed by atoms with van der Waals surface area (Å²) in [4.78, 5) is 2.32. The molecule has 0 unspecified atom stereocenters. The van der Waals surface area contributed by atoms with Gasteiger partial charge in [-0.3, -0.25) is 0 Å². The molecule has 2 aromatic heterocycles. The normalized spacial score (nSPS) is 13.0. The Morgan fingerprint density at radius 2 is 0.897 bits per heavy atom. The molecule has 3 heteroatoms. The topological polar surface area (TPSA) is 29.5 Å². The highest BCUT2D eigenvalue weighted by Gasteiger charge is 2.46. The molecule has 2 heterocycles. The lowest BCUT2D eigenvalue weighted by Crippen LogP contribution is -2.28. The molecule has 0 saturated heterocycles. The maximum atomic E-state index is 6.96. The van der Waals surface area contributed by atoms with Crippen LogP contribution in [0.1, 0.15) is 22.3 Å². The first-order valence-electron chi connectivity index (χ1n) is 19.8. The van der Waals surface area contributed by atoms with E-state index in [0.717, 1.165) is 72.1 Å². The second-order valence-electron chi connectivity index (χ2n) is 15.2. The Bertz CT molecular complexity index is 3290. The van der Waals surface area contributed by atoms with Crippen LogP contribution in [0.3, 0.4) is 0 Å². The van der Waals surface area contributed by atoms with E-state index in [1.165, 1.54) is 33.4 Å². The molecule has 0 saturated carbocycles. The van der Waals surface area contributed by atoms with Gasteiger partial charge in [0, 0.05) is 38.5 Å². The van der Waals surface area contributed by atoms with E-state index in [-0.39, 0.29) is 0 Å². The van der Waals surface area contributed by atoms with E-state index in [2.05, 4.69) is 211 Å². The molecule has 0 spiro atoms. The van der Waals surface area contributed by atoms with Crippen LogP contribution in [-0.2, 0) is 5.41 Å². The number of furan rings is 2. The SMILES string of the molecule is c1ccc(-c2cccc3c2oc2c(N(c4ccccc4)c4ccc(C5(c6ccc7c(c6)oc6ccccc67)c6ccccc6-c6ccccc65)cc4)cccc23)cc1. The van der Waals surface area contributed by atoms with Gasteiger partial charge in [0.05, 0.1) is 11.1 Å². The van der Waals surface area contributed by atoms with Crippen LogP contribution < -0.4 is 4.90 Å². The van der Waals surface area contributed by atoms with Gasteiger partial charge in [-0.15, -0.1) is 0 Å². The third-order valence-electron chi connectivity index (χ3n) is 12.2. The number of anilines is 3. The Labute approximate surface area is 335 Å². The molecule has 12 rings (SSSR count). The molecule has 272 valence electrons. The molecule has 0 bridgehead atoms. The first-order chi connectivity index (χ1) is 28.8. The van der Waals surface area contributed by atoms with Gasteiger partial charge < -0.3 is 13.7 Å². The molecular weight excluding hydrogens is 707 g/mol. The van der Waals surface area contributed by atoms with Crippen LogP contribution in [0, 0.1) is 0 Å². The monoisotopic (exact) mass is 741 g/mol. The summed E-state index contributed by atoms with van der Waals surface area (Å²) in [5.74, 6) is 0. The third kappa shape index (κ3) is 4.68. The van der Waals surface area contributed by atoms with Crippen molar-refractivity contribution in [1.29, 1.82) is 0 Å². The summed E-state index contributed by atoms with van der Waals surface area (Å²) < 4.78 is 13.5. The molecule has 0 aliphatic heterocycles. The van der Waals surface area contributed by atoms with Crippen LogP contribution in [0.5, 0.6) is 0 Å².